The Morgan fingerprint density at radius 3 is 2.86 bits per heavy atom. The zero-order valence-electron chi connectivity index (χ0n) is 12.0. The quantitative estimate of drug-likeness (QED) is 0.701. The van der Waals surface area contributed by atoms with Crippen LogP contribution in [0.4, 0.5) is 0 Å². The monoisotopic (exact) mass is 329 g/mol. The van der Waals surface area contributed by atoms with E-state index in [1.54, 1.807) is 18.5 Å². The zero-order chi connectivity index (χ0) is 15.3. The summed E-state index contributed by atoms with van der Waals surface area (Å²) in [5.41, 5.74) is 0. The van der Waals surface area contributed by atoms with Crippen molar-refractivity contribution >= 4 is 21.4 Å². The smallest absolute Gasteiger partial charge is 0.242 e. The number of rotatable bonds is 8. The van der Waals surface area contributed by atoms with Crippen molar-refractivity contribution in [3.8, 4) is 0 Å². The predicted molar refractivity (Wildman–Crippen MR) is 81.3 cm³/mol. The van der Waals surface area contributed by atoms with Crippen molar-refractivity contribution in [3.05, 3.63) is 28.5 Å². The SMILES string of the molecule is CCCNCc1sccc1S(=O)(=O)NCc1ncn(C)n1. The average molecular weight is 329 g/mol. The third-order valence-corrected chi connectivity index (χ3v) is 5.31. The van der Waals surface area contributed by atoms with Gasteiger partial charge in [0.05, 0.1) is 11.4 Å². The van der Waals surface area contributed by atoms with Gasteiger partial charge in [-0.25, -0.2) is 18.1 Å². The molecule has 0 radical (unpaired) electrons. The standard InChI is InChI=1S/C12H19N5O2S2/c1-3-5-13-7-10-11(4-6-20-10)21(18,19)15-8-12-14-9-17(2)16-12/h4,6,9,13,15H,3,5,7-8H2,1-2H3. The van der Waals surface area contributed by atoms with Gasteiger partial charge in [-0.05, 0) is 24.4 Å². The fourth-order valence-corrected chi connectivity index (χ4v) is 4.17. The fourth-order valence-electron chi connectivity index (χ4n) is 1.78. The molecule has 0 spiro atoms. The number of nitrogens with one attached hydrogen (secondary N) is 2. The topological polar surface area (TPSA) is 88.9 Å². The minimum absolute atomic E-state index is 0.0842. The molecule has 2 aromatic heterocycles. The van der Waals surface area contributed by atoms with Crippen LogP contribution in [0.15, 0.2) is 22.7 Å². The second-order valence-electron chi connectivity index (χ2n) is 4.54. The number of nitrogens with zero attached hydrogens (tertiary/aromatic N) is 3. The third-order valence-electron chi connectivity index (χ3n) is 2.77. The summed E-state index contributed by atoms with van der Waals surface area (Å²) in [6, 6.07) is 1.63. The van der Waals surface area contributed by atoms with Gasteiger partial charge in [-0.3, -0.25) is 4.68 Å². The predicted octanol–water partition coefficient (Wildman–Crippen LogP) is 0.855. The normalized spacial score (nSPS) is 11.9. The van der Waals surface area contributed by atoms with Crippen molar-refractivity contribution < 1.29 is 8.42 Å². The van der Waals surface area contributed by atoms with Crippen molar-refractivity contribution in [1.29, 1.82) is 0 Å². The van der Waals surface area contributed by atoms with Crippen molar-refractivity contribution in [2.24, 2.45) is 7.05 Å². The number of hydrogen-bond acceptors (Lipinski definition) is 6. The second kappa shape index (κ2) is 7.12. The summed E-state index contributed by atoms with van der Waals surface area (Å²) in [5.74, 6) is 0.446. The first-order valence-electron chi connectivity index (χ1n) is 6.64. The number of hydrogen-bond donors (Lipinski definition) is 2. The summed E-state index contributed by atoms with van der Waals surface area (Å²) < 4.78 is 28.7. The largest absolute Gasteiger partial charge is 0.312 e. The molecule has 0 aromatic carbocycles. The van der Waals surface area contributed by atoms with Crippen LogP contribution >= 0.6 is 11.3 Å². The molecule has 2 N–H and O–H groups in total. The van der Waals surface area contributed by atoms with E-state index in [1.165, 1.54) is 22.3 Å². The molecule has 0 fully saturated rings. The molecule has 116 valence electrons. The molecule has 7 nitrogen and oxygen atoms in total. The average Bonchev–Trinajstić information content (AvgIpc) is 3.06. The molecule has 2 rings (SSSR count). The molecule has 0 saturated heterocycles. The molecule has 0 unspecified atom stereocenters. The summed E-state index contributed by atoms with van der Waals surface area (Å²) in [4.78, 5) is 5.13. The first-order valence-corrected chi connectivity index (χ1v) is 9.00. The molecule has 0 aliphatic carbocycles. The van der Waals surface area contributed by atoms with E-state index in [9.17, 15) is 8.42 Å². The molecule has 21 heavy (non-hydrogen) atoms. The lowest BCUT2D eigenvalue weighted by atomic mass is 10.4. The first kappa shape index (κ1) is 16.1. The van der Waals surface area contributed by atoms with Crippen LogP contribution < -0.4 is 10.0 Å². The fraction of sp³-hybridized carbons (Fsp3) is 0.500. The first-order chi connectivity index (χ1) is 10.0. The molecule has 2 aromatic rings. The van der Waals surface area contributed by atoms with Gasteiger partial charge in [-0.1, -0.05) is 6.92 Å². The van der Waals surface area contributed by atoms with E-state index in [1.807, 2.05) is 0 Å². The Morgan fingerprint density at radius 1 is 1.38 bits per heavy atom. The van der Waals surface area contributed by atoms with E-state index in [4.69, 9.17) is 0 Å². The van der Waals surface area contributed by atoms with Gasteiger partial charge in [0.25, 0.3) is 0 Å². The van der Waals surface area contributed by atoms with Gasteiger partial charge in [-0.2, -0.15) is 5.10 Å². The summed E-state index contributed by atoms with van der Waals surface area (Å²) in [6.07, 6.45) is 2.55. The molecule has 0 amide bonds. The Hall–Kier alpha value is -1.29. The van der Waals surface area contributed by atoms with Crippen LogP contribution in [-0.2, 0) is 30.2 Å². The number of sulfonamides is 1. The number of aromatic nitrogens is 3. The highest BCUT2D eigenvalue weighted by Gasteiger charge is 2.19. The lowest BCUT2D eigenvalue weighted by Crippen LogP contribution is -2.25. The van der Waals surface area contributed by atoms with E-state index in [0.717, 1.165) is 17.8 Å². The molecule has 0 aliphatic heterocycles. The molecule has 0 atom stereocenters. The zero-order valence-corrected chi connectivity index (χ0v) is 13.7. The lowest BCUT2D eigenvalue weighted by molar-refractivity contribution is 0.576. The Morgan fingerprint density at radius 2 is 2.19 bits per heavy atom. The van der Waals surface area contributed by atoms with E-state index in [0.29, 0.717) is 17.3 Å². The van der Waals surface area contributed by atoms with Crippen molar-refractivity contribution in [1.82, 2.24) is 24.8 Å². The molecular weight excluding hydrogens is 310 g/mol. The van der Waals surface area contributed by atoms with Crippen LogP contribution in [-0.4, -0.2) is 29.7 Å². The Labute approximate surface area is 128 Å². The van der Waals surface area contributed by atoms with Crippen molar-refractivity contribution in [3.63, 3.8) is 0 Å². The number of thiophene rings is 1. The van der Waals surface area contributed by atoms with Crippen LogP contribution in [0.5, 0.6) is 0 Å². The van der Waals surface area contributed by atoms with Crippen molar-refractivity contribution in [2.45, 2.75) is 31.3 Å². The van der Waals surface area contributed by atoms with E-state index >= 15 is 0 Å². The van der Waals surface area contributed by atoms with Gasteiger partial charge in [0, 0.05) is 18.5 Å². The van der Waals surface area contributed by atoms with Crippen LogP contribution in [0, 0.1) is 0 Å². The summed E-state index contributed by atoms with van der Waals surface area (Å²) in [6.45, 7) is 3.58. The highest BCUT2D eigenvalue weighted by atomic mass is 32.2. The molecule has 0 saturated carbocycles. The maximum Gasteiger partial charge on any atom is 0.242 e. The highest BCUT2D eigenvalue weighted by Crippen LogP contribution is 2.21. The van der Waals surface area contributed by atoms with Crippen LogP contribution in [0.25, 0.3) is 0 Å². The van der Waals surface area contributed by atoms with Gasteiger partial charge in [0.15, 0.2) is 5.82 Å². The highest BCUT2D eigenvalue weighted by molar-refractivity contribution is 7.89. The van der Waals surface area contributed by atoms with Gasteiger partial charge in [-0.15, -0.1) is 11.3 Å². The molecule has 2 heterocycles. The maximum absolute atomic E-state index is 12.3. The third kappa shape index (κ3) is 4.34. The van der Waals surface area contributed by atoms with E-state index in [-0.39, 0.29) is 6.54 Å². The minimum atomic E-state index is -3.54. The van der Waals surface area contributed by atoms with E-state index < -0.39 is 10.0 Å². The Kier molecular flexibility index (Phi) is 5.45. The summed E-state index contributed by atoms with van der Waals surface area (Å²) in [7, 11) is -1.81. The maximum atomic E-state index is 12.3. The summed E-state index contributed by atoms with van der Waals surface area (Å²) >= 11 is 1.44. The molecule has 0 aliphatic rings. The van der Waals surface area contributed by atoms with Crippen LogP contribution in [0.1, 0.15) is 24.0 Å². The Balaban J connectivity index is 2.03. The summed E-state index contributed by atoms with van der Waals surface area (Å²) in [5, 5.41) is 9.05. The van der Waals surface area contributed by atoms with Crippen molar-refractivity contribution in [2.75, 3.05) is 6.54 Å². The van der Waals surface area contributed by atoms with Crippen LogP contribution in [0.2, 0.25) is 0 Å². The minimum Gasteiger partial charge on any atom is -0.312 e. The molecule has 9 heteroatoms. The van der Waals surface area contributed by atoms with E-state index in [2.05, 4.69) is 27.0 Å². The second-order valence-corrected chi connectivity index (χ2v) is 7.28. The van der Waals surface area contributed by atoms with Crippen LogP contribution in [0.3, 0.4) is 0 Å². The lowest BCUT2D eigenvalue weighted by Gasteiger charge is -2.07. The van der Waals surface area contributed by atoms with Gasteiger partial charge in [0.1, 0.15) is 6.33 Å². The van der Waals surface area contributed by atoms with Gasteiger partial charge >= 0.3 is 0 Å². The van der Waals surface area contributed by atoms with Gasteiger partial charge < -0.3 is 5.32 Å². The molecule has 0 bridgehead atoms. The Bertz CT molecular complexity index is 677. The van der Waals surface area contributed by atoms with Gasteiger partial charge in [0.2, 0.25) is 10.0 Å². The molecular formula is C12H19N5O2S2. The number of aryl methyl sites for hydroxylation is 1.